The first-order valence-electron chi connectivity index (χ1n) is 8.19. The molecule has 2 heterocycles. The molecule has 24 heavy (non-hydrogen) atoms. The number of hydrogen-bond donors (Lipinski definition) is 2. The molecule has 2 aromatic rings. The Morgan fingerprint density at radius 1 is 1.38 bits per heavy atom. The van der Waals surface area contributed by atoms with Crippen molar-refractivity contribution >= 4 is 32.9 Å². The molecular weight excluding hydrogens is 372 g/mol. The first-order valence-corrected chi connectivity index (χ1v) is 8.98. The van der Waals surface area contributed by atoms with Crippen LogP contribution in [-0.4, -0.2) is 39.0 Å². The maximum atomic E-state index is 12.3. The number of benzene rings is 1. The van der Waals surface area contributed by atoms with Crippen molar-refractivity contribution in [3.05, 3.63) is 33.9 Å². The van der Waals surface area contributed by atoms with Gasteiger partial charge in [0.05, 0.1) is 0 Å². The molecule has 1 aromatic heterocycles. The number of H-pyrrole nitrogens is 1. The molecule has 1 saturated heterocycles. The van der Waals surface area contributed by atoms with E-state index in [1.807, 2.05) is 26.0 Å². The highest BCUT2D eigenvalue weighted by Gasteiger charge is 2.58. The van der Waals surface area contributed by atoms with E-state index >= 15 is 0 Å². The van der Waals surface area contributed by atoms with Crippen molar-refractivity contribution in [2.45, 2.75) is 51.9 Å². The number of nitrogens with zero attached hydrogens (tertiary/aromatic N) is 1. The van der Waals surface area contributed by atoms with Gasteiger partial charge in [0.1, 0.15) is 0 Å². The van der Waals surface area contributed by atoms with E-state index in [0.717, 1.165) is 26.6 Å². The minimum atomic E-state index is -1.32. The lowest BCUT2D eigenvalue weighted by Crippen LogP contribution is -2.55. The summed E-state index contributed by atoms with van der Waals surface area (Å²) in [5, 5.41) is 12.0. The van der Waals surface area contributed by atoms with Crippen LogP contribution in [0.15, 0.2) is 22.7 Å². The van der Waals surface area contributed by atoms with Crippen molar-refractivity contribution in [1.29, 1.82) is 0 Å². The zero-order valence-corrected chi connectivity index (χ0v) is 16.0. The van der Waals surface area contributed by atoms with Gasteiger partial charge in [0, 0.05) is 27.6 Å². The maximum absolute atomic E-state index is 12.3. The van der Waals surface area contributed by atoms with Gasteiger partial charge in [0.15, 0.2) is 11.3 Å². The summed E-state index contributed by atoms with van der Waals surface area (Å²) in [6.45, 7) is 7.77. The minimum absolute atomic E-state index is 0.404. The number of aromatic amines is 1. The van der Waals surface area contributed by atoms with Gasteiger partial charge in [-0.3, -0.25) is 4.90 Å². The largest absolute Gasteiger partial charge is 0.438 e. The van der Waals surface area contributed by atoms with E-state index in [0.29, 0.717) is 19.4 Å². The molecule has 2 atom stereocenters. The normalized spacial score (nSPS) is 27.1. The highest BCUT2D eigenvalue weighted by Crippen LogP contribution is 2.39. The van der Waals surface area contributed by atoms with Gasteiger partial charge in [-0.2, -0.15) is 0 Å². The van der Waals surface area contributed by atoms with Gasteiger partial charge in [-0.1, -0.05) is 22.9 Å². The zero-order valence-electron chi connectivity index (χ0n) is 14.4. The Bertz CT molecular complexity index is 799. The smallest absolute Gasteiger partial charge is 0.412 e. The number of rotatable bonds is 4. The summed E-state index contributed by atoms with van der Waals surface area (Å²) in [7, 11) is 0. The predicted molar refractivity (Wildman–Crippen MR) is 96.9 cm³/mol. The summed E-state index contributed by atoms with van der Waals surface area (Å²) in [4.78, 5) is 17.1. The van der Waals surface area contributed by atoms with Crippen LogP contribution in [-0.2, 0) is 11.2 Å². The molecule has 0 saturated carbocycles. The van der Waals surface area contributed by atoms with Crippen LogP contribution >= 0.6 is 15.9 Å². The molecule has 6 heteroatoms. The van der Waals surface area contributed by atoms with E-state index in [1.165, 1.54) is 4.90 Å². The number of cyclic esters (lactones) is 1. The van der Waals surface area contributed by atoms with Gasteiger partial charge in [-0.25, -0.2) is 4.79 Å². The number of aromatic nitrogens is 1. The molecule has 0 bridgehead atoms. The van der Waals surface area contributed by atoms with Crippen LogP contribution in [0.25, 0.3) is 10.9 Å². The topological polar surface area (TPSA) is 65.6 Å². The molecule has 130 valence electrons. The summed E-state index contributed by atoms with van der Waals surface area (Å²) < 4.78 is 6.47. The second-order valence-corrected chi connectivity index (χ2v) is 7.71. The number of hydrogen-bond acceptors (Lipinski definition) is 3. The molecule has 1 aliphatic rings. The average molecular weight is 395 g/mol. The monoisotopic (exact) mass is 394 g/mol. The highest BCUT2D eigenvalue weighted by molar-refractivity contribution is 9.10. The second-order valence-electron chi connectivity index (χ2n) is 6.79. The van der Waals surface area contributed by atoms with E-state index in [9.17, 15) is 9.90 Å². The molecule has 1 fully saturated rings. The Balaban J connectivity index is 1.88. The van der Waals surface area contributed by atoms with Gasteiger partial charge >= 0.3 is 6.09 Å². The van der Waals surface area contributed by atoms with Crippen LogP contribution in [0.1, 0.15) is 38.4 Å². The van der Waals surface area contributed by atoms with E-state index in [1.54, 1.807) is 13.8 Å². The van der Waals surface area contributed by atoms with Crippen LogP contribution in [0.2, 0.25) is 0 Å². The third-order valence-corrected chi connectivity index (χ3v) is 5.90. The van der Waals surface area contributed by atoms with Gasteiger partial charge in [-0.15, -0.1) is 0 Å². The number of ether oxygens (including phenoxy) is 1. The van der Waals surface area contributed by atoms with Crippen LogP contribution < -0.4 is 0 Å². The number of aliphatic hydroxyl groups is 1. The Kier molecular flexibility index (Phi) is 4.16. The van der Waals surface area contributed by atoms with Gasteiger partial charge in [0.2, 0.25) is 0 Å². The SMILES string of the molecule is CCC1(C)OC(=O)N(CCc2c(C)[nH]c3ccc(Br)cc23)C1(C)O. The predicted octanol–water partition coefficient (Wildman–Crippen LogP) is 4.11. The third-order valence-electron chi connectivity index (χ3n) is 5.40. The quantitative estimate of drug-likeness (QED) is 0.819. The molecule has 5 nitrogen and oxygen atoms in total. The minimum Gasteiger partial charge on any atom is -0.438 e. The number of fused-ring (bicyclic) bond motifs is 1. The average Bonchev–Trinajstić information content (AvgIpc) is 2.90. The van der Waals surface area contributed by atoms with Gasteiger partial charge < -0.3 is 14.8 Å². The summed E-state index contributed by atoms with van der Waals surface area (Å²) in [6, 6.07) is 6.10. The van der Waals surface area contributed by atoms with Gasteiger partial charge in [0.25, 0.3) is 0 Å². The van der Waals surface area contributed by atoms with Crippen LogP contribution in [0.3, 0.4) is 0 Å². The van der Waals surface area contributed by atoms with Crippen molar-refractivity contribution in [1.82, 2.24) is 9.88 Å². The third kappa shape index (κ3) is 2.52. The number of amides is 1. The standard InChI is InChI=1S/C18H23BrN2O3/c1-5-17(3)18(4,23)21(16(22)24-17)9-8-13-11(2)20-15-7-6-12(19)10-14(13)15/h6-7,10,20,23H,5,8-9H2,1-4H3. The molecular formula is C18H23BrN2O3. The molecule has 2 unspecified atom stereocenters. The molecule has 0 aliphatic carbocycles. The summed E-state index contributed by atoms with van der Waals surface area (Å²) in [5.74, 6) is 0. The molecule has 1 aliphatic heterocycles. The van der Waals surface area contributed by atoms with Crippen LogP contribution in [0.5, 0.6) is 0 Å². The second kappa shape index (κ2) is 5.77. The zero-order chi connectivity index (χ0) is 17.7. The number of nitrogens with one attached hydrogen (secondary N) is 1. The Labute approximate surface area is 150 Å². The maximum Gasteiger partial charge on any atom is 0.412 e. The number of halogens is 1. The summed E-state index contributed by atoms with van der Waals surface area (Å²) >= 11 is 3.51. The van der Waals surface area contributed by atoms with Crippen molar-refractivity contribution < 1.29 is 14.6 Å². The van der Waals surface area contributed by atoms with E-state index in [2.05, 4.69) is 27.0 Å². The molecule has 3 rings (SSSR count). The lowest BCUT2D eigenvalue weighted by molar-refractivity contribution is -0.137. The molecule has 0 spiro atoms. The fraction of sp³-hybridized carbons (Fsp3) is 0.500. The van der Waals surface area contributed by atoms with E-state index in [-0.39, 0.29) is 0 Å². The van der Waals surface area contributed by atoms with Crippen LogP contribution in [0, 0.1) is 6.92 Å². The molecule has 1 amide bonds. The Morgan fingerprint density at radius 2 is 2.08 bits per heavy atom. The fourth-order valence-corrected chi connectivity index (χ4v) is 3.79. The highest BCUT2D eigenvalue weighted by atomic mass is 79.9. The molecule has 2 N–H and O–H groups in total. The lowest BCUT2D eigenvalue weighted by Gasteiger charge is -2.36. The summed E-state index contributed by atoms with van der Waals surface area (Å²) in [5.41, 5.74) is 1.09. The first kappa shape index (κ1) is 17.3. The summed E-state index contributed by atoms with van der Waals surface area (Å²) in [6.07, 6.45) is 0.747. The molecule has 0 radical (unpaired) electrons. The number of carbonyl (C=O) groups excluding carboxylic acids is 1. The number of aryl methyl sites for hydroxylation is 1. The lowest BCUT2D eigenvalue weighted by atomic mass is 9.90. The molecule has 1 aromatic carbocycles. The first-order chi connectivity index (χ1) is 11.2. The van der Waals surface area contributed by atoms with Gasteiger partial charge in [-0.05, 0) is 57.4 Å². The van der Waals surface area contributed by atoms with E-state index in [4.69, 9.17) is 4.74 Å². The fourth-order valence-electron chi connectivity index (χ4n) is 3.42. The Hall–Kier alpha value is -1.53. The van der Waals surface area contributed by atoms with E-state index < -0.39 is 17.4 Å². The van der Waals surface area contributed by atoms with Crippen molar-refractivity contribution in [2.24, 2.45) is 0 Å². The van der Waals surface area contributed by atoms with Crippen molar-refractivity contribution in [3.63, 3.8) is 0 Å². The van der Waals surface area contributed by atoms with Crippen molar-refractivity contribution in [3.8, 4) is 0 Å². The number of carbonyl (C=O) groups is 1. The Morgan fingerprint density at radius 3 is 2.71 bits per heavy atom. The van der Waals surface area contributed by atoms with Crippen molar-refractivity contribution in [2.75, 3.05) is 6.54 Å². The van der Waals surface area contributed by atoms with Crippen LogP contribution in [0.4, 0.5) is 4.79 Å².